The molecule has 1 aliphatic carbocycles. The molecule has 1 aliphatic heterocycles. The summed E-state index contributed by atoms with van der Waals surface area (Å²) in [4.78, 5) is 14.4. The molecular formula is C19H28N2O2S. The second kappa shape index (κ2) is 8.26. The smallest absolute Gasteiger partial charge is 0.317 e. The van der Waals surface area contributed by atoms with E-state index in [1.54, 1.807) is 0 Å². The Hall–Kier alpha value is -1.20. The lowest BCUT2D eigenvalue weighted by atomic mass is 9.95. The Balaban J connectivity index is 1.50. The first-order valence-corrected chi connectivity index (χ1v) is 10.2. The Kier molecular flexibility index (Phi) is 6.06. The molecule has 0 aromatic heterocycles. The van der Waals surface area contributed by atoms with Crippen LogP contribution in [-0.4, -0.2) is 48.7 Å². The molecule has 132 valence electrons. The monoisotopic (exact) mass is 348 g/mol. The first-order chi connectivity index (χ1) is 11.7. The van der Waals surface area contributed by atoms with Crippen molar-refractivity contribution in [1.82, 2.24) is 10.2 Å². The van der Waals surface area contributed by atoms with Gasteiger partial charge in [0, 0.05) is 37.4 Å². The van der Waals surface area contributed by atoms with E-state index in [9.17, 15) is 4.79 Å². The van der Waals surface area contributed by atoms with Crippen molar-refractivity contribution < 1.29 is 9.53 Å². The highest BCUT2D eigenvalue weighted by Crippen LogP contribution is 2.34. The van der Waals surface area contributed by atoms with Gasteiger partial charge in [0.25, 0.3) is 0 Å². The van der Waals surface area contributed by atoms with Crippen LogP contribution in [0.25, 0.3) is 0 Å². The number of ether oxygens (including phenoxy) is 1. The van der Waals surface area contributed by atoms with Gasteiger partial charge < -0.3 is 15.0 Å². The van der Waals surface area contributed by atoms with E-state index < -0.39 is 0 Å². The van der Waals surface area contributed by atoms with Gasteiger partial charge in [0.1, 0.15) is 0 Å². The van der Waals surface area contributed by atoms with E-state index in [1.807, 2.05) is 41.9 Å². The highest BCUT2D eigenvalue weighted by molar-refractivity contribution is 7.99. The summed E-state index contributed by atoms with van der Waals surface area (Å²) in [6.07, 6.45) is 6.72. The molecule has 1 heterocycles. The number of nitrogens with zero attached hydrogens (tertiary/aromatic N) is 1. The minimum absolute atomic E-state index is 0.0560. The van der Waals surface area contributed by atoms with Crippen LogP contribution in [0.1, 0.15) is 37.4 Å². The lowest BCUT2D eigenvalue weighted by Gasteiger charge is -2.26. The third-order valence-electron chi connectivity index (χ3n) is 5.42. The maximum absolute atomic E-state index is 12.5. The lowest BCUT2D eigenvalue weighted by Crippen LogP contribution is -2.44. The highest BCUT2D eigenvalue weighted by atomic mass is 32.2. The van der Waals surface area contributed by atoms with Gasteiger partial charge in [-0.1, -0.05) is 30.3 Å². The van der Waals surface area contributed by atoms with Gasteiger partial charge in [-0.25, -0.2) is 4.79 Å². The zero-order valence-corrected chi connectivity index (χ0v) is 15.4. The third kappa shape index (κ3) is 4.06. The number of amides is 2. The van der Waals surface area contributed by atoms with Crippen LogP contribution < -0.4 is 5.32 Å². The Labute approximate surface area is 149 Å². The van der Waals surface area contributed by atoms with E-state index in [4.69, 9.17) is 4.74 Å². The fourth-order valence-electron chi connectivity index (χ4n) is 3.85. The molecule has 2 amide bonds. The molecule has 0 spiro atoms. The minimum Gasteiger partial charge on any atom is -0.373 e. The van der Waals surface area contributed by atoms with Crippen molar-refractivity contribution in [2.75, 3.05) is 26.5 Å². The number of hydrogen-bond donors (Lipinski definition) is 1. The summed E-state index contributed by atoms with van der Waals surface area (Å²) in [5, 5.41) is 3.84. The molecule has 1 N–H and O–H groups in total. The van der Waals surface area contributed by atoms with Crippen LogP contribution in [0.2, 0.25) is 0 Å². The summed E-state index contributed by atoms with van der Waals surface area (Å²) in [5.74, 6) is 0.354. The largest absolute Gasteiger partial charge is 0.373 e. The quantitative estimate of drug-likeness (QED) is 0.882. The molecule has 4 nitrogen and oxygen atoms in total. The predicted octanol–water partition coefficient (Wildman–Crippen LogP) is 3.69. The van der Waals surface area contributed by atoms with Gasteiger partial charge in [0.2, 0.25) is 0 Å². The van der Waals surface area contributed by atoms with E-state index >= 15 is 0 Å². The van der Waals surface area contributed by atoms with E-state index in [-0.39, 0.29) is 12.1 Å². The first-order valence-electron chi connectivity index (χ1n) is 8.89. The van der Waals surface area contributed by atoms with Crippen molar-refractivity contribution in [3.63, 3.8) is 0 Å². The summed E-state index contributed by atoms with van der Waals surface area (Å²) in [6.45, 7) is 1.45. The van der Waals surface area contributed by atoms with Gasteiger partial charge in [-0.2, -0.15) is 11.8 Å². The van der Waals surface area contributed by atoms with Gasteiger partial charge in [-0.15, -0.1) is 0 Å². The molecule has 0 bridgehead atoms. The first kappa shape index (κ1) is 17.6. The number of nitrogens with one attached hydrogen (secondary N) is 1. The molecular weight excluding hydrogens is 320 g/mol. The van der Waals surface area contributed by atoms with Crippen molar-refractivity contribution in [2.45, 2.75) is 43.1 Å². The summed E-state index contributed by atoms with van der Waals surface area (Å²) in [6, 6.07) is 10.8. The molecule has 0 unspecified atom stereocenters. The zero-order chi connectivity index (χ0) is 16.9. The van der Waals surface area contributed by atoms with Crippen LogP contribution in [0.15, 0.2) is 30.3 Å². The summed E-state index contributed by atoms with van der Waals surface area (Å²) < 4.78 is 5.91. The molecule has 5 heteroatoms. The van der Waals surface area contributed by atoms with Gasteiger partial charge >= 0.3 is 6.03 Å². The zero-order valence-electron chi connectivity index (χ0n) is 14.6. The molecule has 1 aromatic carbocycles. The predicted molar refractivity (Wildman–Crippen MR) is 99.3 cm³/mol. The van der Waals surface area contributed by atoms with Crippen molar-refractivity contribution in [3.05, 3.63) is 35.9 Å². The van der Waals surface area contributed by atoms with Crippen molar-refractivity contribution in [1.29, 1.82) is 0 Å². The van der Waals surface area contributed by atoms with Gasteiger partial charge in [0.05, 0.1) is 6.10 Å². The Morgan fingerprint density at radius 1 is 1.29 bits per heavy atom. The van der Waals surface area contributed by atoms with E-state index in [1.165, 1.54) is 12.0 Å². The number of benzene rings is 1. The van der Waals surface area contributed by atoms with Crippen LogP contribution in [0.4, 0.5) is 4.79 Å². The third-order valence-corrected chi connectivity index (χ3v) is 6.51. The molecule has 1 saturated carbocycles. The minimum atomic E-state index is 0.0560. The molecule has 2 aliphatic rings. The number of urea groups is 1. The molecule has 1 aromatic rings. The Bertz CT molecular complexity index is 539. The summed E-state index contributed by atoms with van der Waals surface area (Å²) in [5.41, 5.74) is 1.21. The average molecular weight is 349 g/mol. The van der Waals surface area contributed by atoms with Crippen molar-refractivity contribution in [3.8, 4) is 0 Å². The molecule has 1 saturated heterocycles. The maximum Gasteiger partial charge on any atom is 0.317 e. The number of carbonyl (C=O) groups excluding carboxylic acids is 1. The second-order valence-corrected chi connectivity index (χ2v) is 8.01. The Morgan fingerprint density at radius 3 is 2.79 bits per heavy atom. The number of thioether (sulfide) groups is 1. The van der Waals surface area contributed by atoms with Crippen molar-refractivity contribution in [2.24, 2.45) is 5.92 Å². The van der Waals surface area contributed by atoms with Gasteiger partial charge in [-0.05, 0) is 37.5 Å². The van der Waals surface area contributed by atoms with Gasteiger partial charge in [0.15, 0.2) is 0 Å². The van der Waals surface area contributed by atoms with E-state index in [2.05, 4.69) is 23.7 Å². The second-order valence-electron chi connectivity index (χ2n) is 6.87. The van der Waals surface area contributed by atoms with E-state index in [0.717, 1.165) is 25.9 Å². The van der Waals surface area contributed by atoms with Crippen LogP contribution in [0.5, 0.6) is 0 Å². The molecule has 0 radical (unpaired) electrons. The Morgan fingerprint density at radius 2 is 2.08 bits per heavy atom. The molecule has 2 fully saturated rings. The summed E-state index contributed by atoms with van der Waals surface area (Å²) in [7, 11) is 1.93. The van der Waals surface area contributed by atoms with Crippen LogP contribution in [0.3, 0.4) is 0 Å². The molecule has 3 rings (SSSR count). The lowest BCUT2D eigenvalue weighted by molar-refractivity contribution is 0.0904. The normalized spacial score (nSPS) is 29.6. The van der Waals surface area contributed by atoms with E-state index in [0.29, 0.717) is 23.8 Å². The van der Waals surface area contributed by atoms with Gasteiger partial charge in [-0.3, -0.25) is 0 Å². The maximum atomic E-state index is 12.5. The number of rotatable bonds is 5. The number of hydrogen-bond acceptors (Lipinski definition) is 3. The fourth-order valence-corrected chi connectivity index (χ4v) is 4.63. The van der Waals surface area contributed by atoms with Crippen LogP contribution in [-0.2, 0) is 4.74 Å². The van der Waals surface area contributed by atoms with Crippen molar-refractivity contribution >= 4 is 17.8 Å². The van der Waals surface area contributed by atoms with Crippen LogP contribution >= 0.6 is 11.8 Å². The van der Waals surface area contributed by atoms with Crippen LogP contribution in [0, 0.1) is 5.92 Å². The highest BCUT2D eigenvalue weighted by Gasteiger charge is 2.32. The standard InChI is InChI=1S/C19H28N2O2S/c1-21(16-8-9-17(12-16)24-2)19(22)20-13-15-10-11-23-18(15)14-6-4-3-5-7-14/h3-7,15-18H,8-13H2,1-2H3,(H,20,22)/t15-,16+,17-,18-/m1/s1. The average Bonchev–Trinajstić information content (AvgIpc) is 3.28. The summed E-state index contributed by atoms with van der Waals surface area (Å²) >= 11 is 1.92. The number of carbonyl (C=O) groups is 1. The SMILES string of the molecule is CS[C@@H]1CC[C@H](N(C)C(=O)NC[C@H]2CCO[C@@H]2c2ccccc2)C1. The fraction of sp³-hybridized carbons (Fsp3) is 0.632. The molecule has 24 heavy (non-hydrogen) atoms. The topological polar surface area (TPSA) is 41.6 Å². The molecule has 4 atom stereocenters.